The molecule has 1 amide bonds. The minimum Gasteiger partial charge on any atom is -0.371 e. The molecular formula is C26H28F2IN5O. The summed E-state index contributed by atoms with van der Waals surface area (Å²) >= 11 is 2.30. The monoisotopic (exact) mass is 591 g/mol. The Balaban J connectivity index is 1.27. The van der Waals surface area contributed by atoms with Crippen LogP contribution in [0.4, 0.5) is 26.0 Å². The van der Waals surface area contributed by atoms with Crippen LogP contribution in [0.2, 0.25) is 0 Å². The number of aromatic nitrogens is 2. The van der Waals surface area contributed by atoms with Crippen molar-refractivity contribution < 1.29 is 13.6 Å². The van der Waals surface area contributed by atoms with Crippen molar-refractivity contribution in [2.45, 2.75) is 44.4 Å². The number of hydrogen-bond donors (Lipinski definition) is 1. The Morgan fingerprint density at radius 1 is 0.943 bits per heavy atom. The Bertz CT molecular complexity index is 1270. The molecule has 0 unspecified atom stereocenters. The van der Waals surface area contributed by atoms with Crippen molar-refractivity contribution >= 4 is 51.3 Å². The molecule has 1 N–H and O–H groups in total. The number of nitrogens with one attached hydrogen (secondary N) is 1. The maximum Gasteiger partial charge on any atom is 0.257 e. The number of carbonyl (C=O) groups is 1. The zero-order chi connectivity index (χ0) is 24.2. The van der Waals surface area contributed by atoms with E-state index in [0.29, 0.717) is 22.3 Å². The van der Waals surface area contributed by atoms with Gasteiger partial charge in [-0.25, -0.2) is 13.8 Å². The van der Waals surface area contributed by atoms with E-state index >= 15 is 0 Å². The van der Waals surface area contributed by atoms with Crippen LogP contribution in [-0.4, -0.2) is 47.4 Å². The number of carbonyl (C=O) groups excluding carboxylic acids is 1. The lowest BCUT2D eigenvalue weighted by atomic mass is 9.93. The highest BCUT2D eigenvalue weighted by atomic mass is 127. The fourth-order valence-corrected chi connectivity index (χ4v) is 5.91. The molecular weight excluding hydrogens is 563 g/mol. The van der Waals surface area contributed by atoms with Crippen molar-refractivity contribution in [2.24, 2.45) is 5.41 Å². The number of alkyl halides is 2. The second-order valence-corrected chi connectivity index (χ2v) is 11.4. The molecule has 6 nitrogen and oxygen atoms in total. The number of pyridine rings is 1. The topological polar surface area (TPSA) is 52.9 Å². The predicted octanol–water partition coefficient (Wildman–Crippen LogP) is 5.81. The maximum absolute atomic E-state index is 13.7. The average Bonchev–Trinajstić information content (AvgIpc) is 3.41. The Hall–Kier alpha value is -2.43. The number of rotatable bonds is 4. The summed E-state index contributed by atoms with van der Waals surface area (Å²) in [4.78, 5) is 22.2. The number of nitrogens with zero attached hydrogens (tertiary/aromatic N) is 4. The van der Waals surface area contributed by atoms with Gasteiger partial charge in [-0.15, -0.1) is 0 Å². The quantitative estimate of drug-likeness (QED) is 0.390. The molecule has 184 valence electrons. The van der Waals surface area contributed by atoms with Gasteiger partial charge >= 0.3 is 0 Å². The number of benzene rings is 1. The predicted molar refractivity (Wildman–Crippen MR) is 142 cm³/mol. The smallest absolute Gasteiger partial charge is 0.257 e. The summed E-state index contributed by atoms with van der Waals surface area (Å²) in [6.07, 6.45) is 8.21. The van der Waals surface area contributed by atoms with Gasteiger partial charge in [0.1, 0.15) is 11.5 Å². The van der Waals surface area contributed by atoms with Crippen molar-refractivity contribution in [1.29, 1.82) is 0 Å². The van der Waals surface area contributed by atoms with E-state index in [1.807, 2.05) is 39.8 Å². The minimum atomic E-state index is -2.62. The van der Waals surface area contributed by atoms with E-state index in [1.165, 1.54) is 25.7 Å². The zero-order valence-electron chi connectivity index (χ0n) is 19.4. The standard InChI is InChI=1S/C26H28F2IN5O/c27-26(28)7-12-33(13-8-26)23-17-19(16-22-30-9-14-34(22)23)31-24(35)20-2-1-18(29)15-21(20)32-10-5-25(3-4-25)6-11-32/h1-2,9,14-17H,3-8,10-13H2,(H,31,35). The van der Waals surface area contributed by atoms with Gasteiger partial charge in [-0.2, -0.15) is 0 Å². The molecule has 1 aromatic carbocycles. The van der Waals surface area contributed by atoms with E-state index in [9.17, 15) is 13.6 Å². The first kappa shape index (κ1) is 23.0. The van der Waals surface area contributed by atoms with Crippen LogP contribution in [0.1, 0.15) is 48.9 Å². The van der Waals surface area contributed by atoms with Crippen LogP contribution < -0.4 is 15.1 Å². The third-order valence-electron chi connectivity index (χ3n) is 7.89. The molecule has 3 aromatic rings. The number of amides is 1. The molecule has 1 spiro atoms. The van der Waals surface area contributed by atoms with Gasteiger partial charge in [0.25, 0.3) is 11.8 Å². The fraction of sp³-hybridized carbons (Fsp3) is 0.462. The Morgan fingerprint density at radius 3 is 2.37 bits per heavy atom. The summed E-state index contributed by atoms with van der Waals surface area (Å²) in [5.41, 5.74) is 3.48. The zero-order valence-corrected chi connectivity index (χ0v) is 21.6. The molecule has 3 aliphatic rings. The molecule has 2 aromatic heterocycles. The van der Waals surface area contributed by atoms with Crippen molar-refractivity contribution in [2.75, 3.05) is 41.3 Å². The van der Waals surface area contributed by atoms with Gasteiger partial charge in [0.05, 0.1) is 11.3 Å². The van der Waals surface area contributed by atoms with Crippen molar-refractivity contribution in [1.82, 2.24) is 9.38 Å². The van der Waals surface area contributed by atoms with Crippen LogP contribution in [0.3, 0.4) is 0 Å². The average molecular weight is 591 g/mol. The van der Waals surface area contributed by atoms with E-state index in [0.717, 1.165) is 28.2 Å². The van der Waals surface area contributed by atoms with E-state index in [1.54, 1.807) is 6.20 Å². The van der Waals surface area contributed by atoms with Gasteiger partial charge in [0.2, 0.25) is 0 Å². The Morgan fingerprint density at radius 2 is 1.66 bits per heavy atom. The Labute approximate surface area is 216 Å². The molecule has 0 atom stereocenters. The Kier molecular flexibility index (Phi) is 5.65. The van der Waals surface area contributed by atoms with E-state index in [4.69, 9.17) is 0 Å². The summed E-state index contributed by atoms with van der Waals surface area (Å²) < 4.78 is 30.5. The van der Waals surface area contributed by atoms with Gasteiger partial charge in [-0.1, -0.05) is 0 Å². The van der Waals surface area contributed by atoms with Gasteiger partial charge in [0.15, 0.2) is 0 Å². The van der Waals surface area contributed by atoms with Crippen LogP contribution >= 0.6 is 22.6 Å². The molecule has 6 rings (SSSR count). The number of imidazole rings is 1. The van der Waals surface area contributed by atoms with Gasteiger partial charge < -0.3 is 15.1 Å². The van der Waals surface area contributed by atoms with Crippen LogP contribution in [-0.2, 0) is 0 Å². The summed E-state index contributed by atoms with van der Waals surface area (Å²) in [6, 6.07) is 9.64. The summed E-state index contributed by atoms with van der Waals surface area (Å²) in [6.45, 7) is 2.47. The number of fused-ring (bicyclic) bond motifs is 1. The molecule has 0 bridgehead atoms. The molecule has 0 radical (unpaired) electrons. The lowest BCUT2D eigenvalue weighted by Gasteiger charge is -2.35. The normalized spacial score (nSPS) is 20.9. The number of hydrogen-bond acceptors (Lipinski definition) is 4. The van der Waals surface area contributed by atoms with Crippen LogP contribution in [0.5, 0.6) is 0 Å². The van der Waals surface area contributed by atoms with Crippen molar-refractivity contribution in [3.05, 3.63) is 51.9 Å². The molecule has 2 saturated heterocycles. The maximum atomic E-state index is 13.7. The molecule has 2 aliphatic heterocycles. The van der Waals surface area contributed by atoms with Gasteiger partial charge in [-0.05, 0) is 71.9 Å². The largest absolute Gasteiger partial charge is 0.371 e. The summed E-state index contributed by atoms with van der Waals surface area (Å²) in [5.74, 6) is -2.03. The second kappa shape index (κ2) is 8.60. The molecule has 1 aliphatic carbocycles. The fourth-order valence-electron chi connectivity index (χ4n) is 5.44. The molecule has 1 saturated carbocycles. The molecule has 4 heterocycles. The SMILES string of the molecule is O=C(Nc1cc(N2CCC(F)(F)CC2)n2ccnc2c1)c1ccc(I)cc1N1CCC2(CC1)CC2. The number of piperidine rings is 2. The third kappa shape index (κ3) is 4.59. The first-order valence-corrected chi connectivity index (χ1v) is 13.3. The molecule has 9 heteroatoms. The highest BCUT2D eigenvalue weighted by molar-refractivity contribution is 14.1. The second-order valence-electron chi connectivity index (χ2n) is 10.2. The number of halogens is 3. The first-order valence-electron chi connectivity index (χ1n) is 12.3. The van der Waals surface area contributed by atoms with Crippen LogP contribution in [0, 0.1) is 8.99 Å². The summed E-state index contributed by atoms with van der Waals surface area (Å²) in [7, 11) is 0. The highest BCUT2D eigenvalue weighted by Gasteiger charge is 2.44. The van der Waals surface area contributed by atoms with E-state index < -0.39 is 5.92 Å². The van der Waals surface area contributed by atoms with Gasteiger partial charge in [-0.3, -0.25) is 9.20 Å². The first-order chi connectivity index (χ1) is 16.8. The van der Waals surface area contributed by atoms with Crippen molar-refractivity contribution in [3.63, 3.8) is 0 Å². The molecule has 35 heavy (non-hydrogen) atoms. The van der Waals surface area contributed by atoms with Crippen LogP contribution in [0.25, 0.3) is 5.65 Å². The third-order valence-corrected chi connectivity index (χ3v) is 8.56. The van der Waals surface area contributed by atoms with Crippen LogP contribution in [0.15, 0.2) is 42.7 Å². The lowest BCUT2D eigenvalue weighted by Crippen LogP contribution is -2.40. The van der Waals surface area contributed by atoms with E-state index in [2.05, 4.69) is 43.9 Å². The highest BCUT2D eigenvalue weighted by Crippen LogP contribution is 2.54. The van der Waals surface area contributed by atoms with Crippen molar-refractivity contribution in [3.8, 4) is 0 Å². The molecule has 3 fully saturated rings. The minimum absolute atomic E-state index is 0.171. The number of anilines is 3. The summed E-state index contributed by atoms with van der Waals surface area (Å²) in [5, 5.41) is 3.07. The lowest BCUT2D eigenvalue weighted by molar-refractivity contribution is -0.0221. The van der Waals surface area contributed by atoms with E-state index in [-0.39, 0.29) is 31.8 Å². The van der Waals surface area contributed by atoms with Gasteiger partial charge in [0, 0.05) is 72.8 Å².